The topological polar surface area (TPSA) is 181 Å². The van der Waals surface area contributed by atoms with Gasteiger partial charge in [-0.25, -0.2) is 4.99 Å². The minimum absolute atomic E-state index is 0.134. The molecule has 5 N–H and O–H groups in total. The zero-order chi connectivity index (χ0) is 24.7. The van der Waals surface area contributed by atoms with Crippen molar-refractivity contribution in [3.05, 3.63) is 0 Å². The van der Waals surface area contributed by atoms with E-state index in [2.05, 4.69) is 16.1 Å². The largest absolute Gasteiger partial charge is 0.450 e. The number of aliphatic imine (C=N–C) groups is 1. The lowest BCUT2D eigenvalue weighted by Gasteiger charge is -2.44. The Morgan fingerprint density at radius 3 is 2.62 bits per heavy atom. The van der Waals surface area contributed by atoms with E-state index in [1.807, 2.05) is 0 Å². The Morgan fingerprint density at radius 1 is 1.09 bits per heavy atom. The van der Waals surface area contributed by atoms with Gasteiger partial charge in [0, 0.05) is 20.0 Å². The third-order valence-corrected chi connectivity index (χ3v) is 5.55. The fourth-order valence-corrected chi connectivity index (χ4v) is 3.76. The van der Waals surface area contributed by atoms with Gasteiger partial charge in [0.25, 0.3) is 0 Å². The van der Waals surface area contributed by atoms with Gasteiger partial charge in [-0.15, -0.1) is 12.3 Å². The van der Waals surface area contributed by atoms with E-state index in [-0.39, 0.29) is 13.2 Å². The van der Waals surface area contributed by atoms with Gasteiger partial charge in [-0.3, -0.25) is 0 Å². The van der Waals surface area contributed by atoms with Crippen molar-refractivity contribution in [2.75, 3.05) is 26.4 Å². The minimum atomic E-state index is -1.66. The molecule has 3 aliphatic rings. The summed E-state index contributed by atoms with van der Waals surface area (Å²) in [6.45, 7) is 1.98. The molecule has 192 valence electrons. The van der Waals surface area contributed by atoms with Gasteiger partial charge in [-0.05, 0) is 6.42 Å². The molecule has 2 saturated heterocycles. The quantitative estimate of drug-likeness (QED) is 0.0898. The predicted molar refractivity (Wildman–Crippen MR) is 115 cm³/mol. The first-order valence-corrected chi connectivity index (χ1v) is 11.0. The van der Waals surface area contributed by atoms with Crippen LogP contribution in [0.2, 0.25) is 0 Å². The first-order valence-electron chi connectivity index (χ1n) is 11.0. The first kappa shape index (κ1) is 26.7. The van der Waals surface area contributed by atoms with Crippen LogP contribution in [0.3, 0.4) is 0 Å². The van der Waals surface area contributed by atoms with Crippen LogP contribution in [-0.2, 0) is 28.5 Å². The maximum atomic E-state index is 10.7. The third-order valence-electron chi connectivity index (χ3n) is 5.55. The lowest BCUT2D eigenvalue weighted by atomic mass is 9.96. The number of fused-ring (bicyclic) bond motifs is 1. The van der Waals surface area contributed by atoms with E-state index < -0.39 is 68.0 Å². The van der Waals surface area contributed by atoms with Crippen LogP contribution >= 0.6 is 0 Å². The molecule has 0 spiro atoms. The maximum absolute atomic E-state index is 10.7. The number of hydrogen-bond donors (Lipinski definition) is 5. The van der Waals surface area contributed by atoms with Crippen LogP contribution < -0.4 is 0 Å². The summed E-state index contributed by atoms with van der Waals surface area (Å²) in [6, 6.07) is -0.802. The van der Waals surface area contributed by atoms with Crippen LogP contribution in [0.5, 0.6) is 0 Å². The molecule has 34 heavy (non-hydrogen) atoms. The number of ether oxygens (including phenoxy) is 5. The highest BCUT2D eigenvalue weighted by atomic mass is 16.7. The molecule has 3 aliphatic heterocycles. The summed E-state index contributed by atoms with van der Waals surface area (Å²) in [5.74, 6) is 2.82. The van der Waals surface area contributed by atoms with Gasteiger partial charge in [-0.1, -0.05) is 5.16 Å². The molecule has 0 aromatic carbocycles. The van der Waals surface area contributed by atoms with Crippen molar-refractivity contribution in [2.24, 2.45) is 10.1 Å². The predicted octanol–water partition coefficient (Wildman–Crippen LogP) is -2.49. The monoisotopic (exact) mass is 488 g/mol. The van der Waals surface area contributed by atoms with Crippen LogP contribution in [-0.4, -0.2) is 125 Å². The Kier molecular flexibility index (Phi) is 10.0. The zero-order valence-corrected chi connectivity index (χ0v) is 18.8. The Balaban J connectivity index is 1.55. The van der Waals surface area contributed by atoms with Crippen molar-refractivity contribution in [1.29, 1.82) is 0 Å². The van der Waals surface area contributed by atoms with Crippen molar-refractivity contribution < 1.29 is 54.1 Å². The molecule has 0 bridgehead atoms. The molecule has 10 atom stereocenters. The summed E-state index contributed by atoms with van der Waals surface area (Å²) < 4.78 is 27.5. The number of nitrogens with zero attached hydrogens (tertiary/aromatic N) is 2. The molecule has 0 radical (unpaired) electrons. The van der Waals surface area contributed by atoms with Gasteiger partial charge in [-0.2, -0.15) is 0 Å². The molecule has 2 fully saturated rings. The number of aliphatic hydroxyl groups excluding tert-OH is 5. The molecule has 13 heteroatoms. The summed E-state index contributed by atoms with van der Waals surface area (Å²) in [4.78, 5) is 9.21. The van der Waals surface area contributed by atoms with E-state index in [1.165, 1.54) is 0 Å². The minimum Gasteiger partial charge on any atom is -0.450 e. The lowest BCUT2D eigenvalue weighted by molar-refractivity contribution is -0.330. The van der Waals surface area contributed by atoms with Crippen molar-refractivity contribution >= 4 is 12.1 Å². The van der Waals surface area contributed by atoms with Gasteiger partial charge in [0.15, 0.2) is 12.2 Å². The Hall–Kier alpha value is -1.86. The van der Waals surface area contributed by atoms with E-state index in [4.69, 9.17) is 34.9 Å². The Morgan fingerprint density at radius 2 is 1.88 bits per heavy atom. The van der Waals surface area contributed by atoms with E-state index in [9.17, 15) is 25.5 Å². The highest BCUT2D eigenvalue weighted by Gasteiger charge is 2.52. The number of hydrogen-bond acceptors (Lipinski definition) is 13. The summed E-state index contributed by atoms with van der Waals surface area (Å²) in [6.07, 6.45) is -4.23. The molecular formula is C21H32N2O11. The molecule has 0 saturated carbocycles. The smallest absolute Gasteiger partial charge is 0.227 e. The SMILES string of the molecule is C#CCCCOCCO/N=C/C1O[C@@H](O[C@@H]2C(CO)O[C@@H]3OC(C)=NC3[C@H]2O)C(O)[C@@H](O)[C@H]1O. The van der Waals surface area contributed by atoms with Crippen LogP contribution in [0.25, 0.3) is 0 Å². The molecule has 3 heterocycles. The first-order chi connectivity index (χ1) is 16.4. The molecule has 4 unspecified atom stereocenters. The van der Waals surface area contributed by atoms with Crippen molar-refractivity contribution in [3.8, 4) is 12.3 Å². The van der Waals surface area contributed by atoms with Gasteiger partial charge in [0.1, 0.15) is 55.4 Å². The fraction of sp³-hybridized carbons (Fsp3) is 0.810. The van der Waals surface area contributed by atoms with Crippen molar-refractivity contribution in [1.82, 2.24) is 0 Å². The van der Waals surface area contributed by atoms with Gasteiger partial charge in [0.2, 0.25) is 6.29 Å². The highest BCUT2D eigenvalue weighted by Crippen LogP contribution is 2.32. The van der Waals surface area contributed by atoms with E-state index in [1.54, 1.807) is 6.92 Å². The van der Waals surface area contributed by atoms with Crippen LogP contribution in [0.1, 0.15) is 19.8 Å². The number of rotatable bonds is 11. The normalized spacial score (nSPS) is 39.9. The second-order valence-electron chi connectivity index (χ2n) is 8.02. The number of unbranched alkanes of at least 4 members (excludes halogenated alkanes) is 1. The molecule has 0 aromatic rings. The highest BCUT2D eigenvalue weighted by molar-refractivity contribution is 5.75. The zero-order valence-electron chi connectivity index (χ0n) is 18.8. The van der Waals surface area contributed by atoms with Crippen LogP contribution in [0.15, 0.2) is 10.1 Å². The molecule has 0 aliphatic carbocycles. The molecular weight excluding hydrogens is 456 g/mol. The second kappa shape index (κ2) is 12.7. The Labute approximate surface area is 196 Å². The Bertz CT molecular complexity index is 745. The van der Waals surface area contributed by atoms with E-state index in [0.29, 0.717) is 18.9 Å². The molecule has 3 rings (SSSR count). The van der Waals surface area contributed by atoms with Crippen LogP contribution in [0.4, 0.5) is 0 Å². The molecule has 0 aromatic heterocycles. The van der Waals surface area contributed by atoms with Gasteiger partial charge in [0.05, 0.1) is 19.4 Å². The summed E-state index contributed by atoms with van der Waals surface area (Å²) in [5, 5.41) is 55.0. The lowest BCUT2D eigenvalue weighted by Crippen LogP contribution is -2.63. The number of aliphatic hydroxyl groups is 5. The van der Waals surface area contributed by atoms with Crippen molar-refractivity contribution in [3.63, 3.8) is 0 Å². The summed E-state index contributed by atoms with van der Waals surface area (Å²) >= 11 is 0. The van der Waals surface area contributed by atoms with E-state index >= 15 is 0 Å². The average Bonchev–Trinajstić information content (AvgIpc) is 3.21. The number of oxime groups is 1. The van der Waals surface area contributed by atoms with Crippen molar-refractivity contribution in [2.45, 2.75) is 81.1 Å². The third kappa shape index (κ3) is 6.42. The van der Waals surface area contributed by atoms with Gasteiger partial charge < -0.3 is 54.1 Å². The number of terminal acetylenes is 1. The standard InChI is InChI=1S/C21H32N2O11/c1-3-4-5-6-29-7-8-30-22-9-12-15(25)17(27)18(28)21(32-12)34-19-13(10-24)33-20-14(16(19)26)23-11(2)31-20/h1,9,12-21,24-28H,4-8,10H2,2H3/b22-9+/t12?,13?,14?,15-,16+,17-,18?,19+,20-,21-/m0/s1. The van der Waals surface area contributed by atoms with Gasteiger partial charge >= 0.3 is 0 Å². The maximum Gasteiger partial charge on any atom is 0.227 e. The second-order valence-corrected chi connectivity index (χ2v) is 8.02. The van der Waals surface area contributed by atoms with E-state index in [0.717, 1.165) is 12.6 Å². The average molecular weight is 488 g/mol. The fourth-order valence-electron chi connectivity index (χ4n) is 3.76. The summed E-state index contributed by atoms with van der Waals surface area (Å²) in [7, 11) is 0. The van der Waals surface area contributed by atoms with Crippen LogP contribution in [0, 0.1) is 12.3 Å². The molecule has 13 nitrogen and oxygen atoms in total. The summed E-state index contributed by atoms with van der Waals surface area (Å²) in [5.41, 5.74) is 0. The molecule has 0 amide bonds.